The van der Waals surface area contributed by atoms with Crippen LogP contribution in [0.1, 0.15) is 18.1 Å². The van der Waals surface area contributed by atoms with Crippen LogP contribution in [0.2, 0.25) is 0 Å². The normalized spacial score (nSPS) is 16.2. The molecule has 8 heteroatoms. The highest BCUT2D eigenvalue weighted by Crippen LogP contribution is 2.43. The lowest BCUT2D eigenvalue weighted by Gasteiger charge is -2.32. The van der Waals surface area contributed by atoms with Crippen LogP contribution in [0.25, 0.3) is 6.08 Å². The van der Waals surface area contributed by atoms with Crippen molar-refractivity contribution in [3.8, 4) is 0 Å². The second kappa shape index (κ2) is 4.85. The van der Waals surface area contributed by atoms with Gasteiger partial charge in [0.25, 0.3) is 0 Å². The second-order valence-electron chi connectivity index (χ2n) is 3.92. The average molecular weight is 250 g/mol. The van der Waals surface area contributed by atoms with Crippen molar-refractivity contribution in [2.75, 3.05) is 0 Å². The molecule has 0 saturated carbocycles. The van der Waals surface area contributed by atoms with E-state index in [1.54, 1.807) is 37.3 Å². The van der Waals surface area contributed by atoms with Gasteiger partial charge in [-0.15, -0.1) is 0 Å². The van der Waals surface area contributed by atoms with E-state index in [9.17, 15) is 0 Å². The summed E-state index contributed by atoms with van der Waals surface area (Å²) in [5.41, 5.74) is 1.70. The summed E-state index contributed by atoms with van der Waals surface area (Å²) in [5.74, 6) is -1.71. The predicted octanol–water partition coefficient (Wildman–Crippen LogP) is -0.772. The number of hydrogen-bond donors (Lipinski definition) is 4. The third kappa shape index (κ3) is 2.22. The van der Waals surface area contributed by atoms with Crippen LogP contribution in [0.5, 0.6) is 0 Å². The Kier molecular flexibility index (Phi) is 3.58. The Balaban J connectivity index is 2.49. The summed E-state index contributed by atoms with van der Waals surface area (Å²) in [6, 6.07) is 6.93. The van der Waals surface area contributed by atoms with E-state index in [1.807, 2.05) is 0 Å². The van der Waals surface area contributed by atoms with Gasteiger partial charge in [0, 0.05) is 5.56 Å². The summed E-state index contributed by atoms with van der Waals surface area (Å²) in [5, 5.41) is 36.0. The van der Waals surface area contributed by atoms with Crippen molar-refractivity contribution in [1.82, 2.24) is 0 Å². The summed E-state index contributed by atoms with van der Waals surface area (Å²) in [6.07, 6.45) is 1.71. The Bertz CT molecular complexity index is 463. The van der Waals surface area contributed by atoms with E-state index in [2.05, 4.69) is 0 Å². The lowest BCUT2D eigenvalue weighted by atomic mass is 9.99. The molecular weight excluding hydrogens is 238 g/mol. The Hall–Kier alpha value is -1.15. The summed E-state index contributed by atoms with van der Waals surface area (Å²) < 4.78 is 9.90. The molecule has 0 saturated heterocycles. The number of fused-ring (bicyclic) bond motifs is 1. The van der Waals surface area contributed by atoms with E-state index >= 15 is 0 Å². The molecule has 18 heavy (non-hydrogen) atoms. The topological polar surface area (TPSA) is 99.4 Å². The van der Waals surface area contributed by atoms with Gasteiger partial charge in [-0.3, -0.25) is 0 Å². The summed E-state index contributed by atoms with van der Waals surface area (Å²) >= 11 is 0. The molecule has 6 nitrogen and oxygen atoms in total. The third-order valence-corrected chi connectivity index (χ3v) is 2.75. The molecule has 94 valence electrons. The highest BCUT2D eigenvalue weighted by atomic mass is 16.8. The average Bonchev–Trinajstić information content (AvgIpc) is 2.51. The van der Waals surface area contributed by atoms with Gasteiger partial charge in [-0.2, -0.15) is 0 Å². The molecule has 0 heterocycles. The van der Waals surface area contributed by atoms with Gasteiger partial charge in [0.2, 0.25) is 0 Å². The highest BCUT2D eigenvalue weighted by Gasteiger charge is 2.46. The van der Waals surface area contributed by atoms with Crippen LogP contribution < -0.4 is 0 Å². The first kappa shape index (κ1) is 13.3. The minimum absolute atomic E-state index is 0.476. The van der Waals surface area contributed by atoms with Crippen molar-refractivity contribution >= 4 is 20.7 Å². The fourth-order valence-electron chi connectivity index (χ4n) is 2.10. The van der Waals surface area contributed by atoms with E-state index in [4.69, 9.17) is 29.4 Å². The van der Waals surface area contributed by atoms with Crippen LogP contribution in [-0.4, -0.2) is 34.7 Å². The van der Waals surface area contributed by atoms with E-state index in [1.165, 1.54) is 0 Å². The molecule has 4 N–H and O–H groups in total. The quantitative estimate of drug-likeness (QED) is 0.413. The SMILES string of the molecule is CC1=Cc2ccccc2C1(OB(O)O)OB(O)O. The molecule has 1 aromatic carbocycles. The first-order valence-electron chi connectivity index (χ1n) is 5.32. The fraction of sp³-hybridized carbons (Fsp3) is 0.200. The highest BCUT2D eigenvalue weighted by molar-refractivity contribution is 6.34. The summed E-state index contributed by atoms with van der Waals surface area (Å²) in [6.45, 7) is 1.63. The monoisotopic (exact) mass is 250 g/mol. The molecule has 0 radical (unpaired) electrons. The largest absolute Gasteiger partial charge is 0.636 e. The Morgan fingerprint density at radius 1 is 1.00 bits per heavy atom. The van der Waals surface area contributed by atoms with E-state index in [-0.39, 0.29) is 0 Å². The maximum atomic E-state index is 9.00. The number of rotatable bonds is 4. The maximum Gasteiger partial charge on any atom is 0.636 e. The van der Waals surface area contributed by atoms with Gasteiger partial charge in [-0.1, -0.05) is 24.3 Å². The molecule has 1 aromatic rings. The second-order valence-corrected chi connectivity index (χ2v) is 3.92. The molecule has 0 aliphatic heterocycles. The third-order valence-electron chi connectivity index (χ3n) is 2.75. The van der Waals surface area contributed by atoms with Crippen molar-refractivity contribution < 1.29 is 29.4 Å². The lowest BCUT2D eigenvalue weighted by molar-refractivity contribution is -0.132. The minimum atomic E-state index is -2.11. The van der Waals surface area contributed by atoms with Crippen LogP contribution >= 0.6 is 0 Å². The van der Waals surface area contributed by atoms with Gasteiger partial charge < -0.3 is 29.4 Å². The van der Waals surface area contributed by atoms with Crippen LogP contribution in [0, 0.1) is 0 Å². The number of benzene rings is 1. The zero-order valence-corrected chi connectivity index (χ0v) is 9.65. The zero-order valence-electron chi connectivity index (χ0n) is 9.65. The zero-order chi connectivity index (χ0) is 13.3. The van der Waals surface area contributed by atoms with E-state index in [0.29, 0.717) is 11.1 Å². The van der Waals surface area contributed by atoms with Crippen molar-refractivity contribution in [3.63, 3.8) is 0 Å². The molecule has 0 aromatic heterocycles. The van der Waals surface area contributed by atoms with Gasteiger partial charge in [0.1, 0.15) is 0 Å². The van der Waals surface area contributed by atoms with Gasteiger partial charge >= 0.3 is 14.6 Å². The Morgan fingerprint density at radius 2 is 1.56 bits per heavy atom. The van der Waals surface area contributed by atoms with Crippen LogP contribution in [0.3, 0.4) is 0 Å². The molecule has 2 rings (SSSR count). The Labute approximate surface area is 104 Å². The van der Waals surface area contributed by atoms with Gasteiger partial charge in [0.15, 0.2) is 5.79 Å². The minimum Gasteiger partial charge on any atom is -0.402 e. The molecule has 0 spiro atoms. The first-order valence-corrected chi connectivity index (χ1v) is 5.32. The van der Waals surface area contributed by atoms with Gasteiger partial charge in [-0.05, 0) is 24.1 Å². The van der Waals surface area contributed by atoms with Crippen molar-refractivity contribution in [2.45, 2.75) is 12.7 Å². The molecule has 0 unspecified atom stereocenters. The van der Waals surface area contributed by atoms with Crippen molar-refractivity contribution in [3.05, 3.63) is 41.0 Å². The van der Waals surface area contributed by atoms with Crippen LogP contribution in [0.4, 0.5) is 0 Å². The van der Waals surface area contributed by atoms with Crippen LogP contribution in [-0.2, 0) is 15.1 Å². The summed E-state index contributed by atoms with van der Waals surface area (Å²) in [4.78, 5) is 0. The molecule has 1 aliphatic carbocycles. The standard InChI is InChI=1S/C10H12B2O6/c1-7-6-8-4-2-3-5-9(8)10(7,17-11(13)14)18-12(15)16/h2-6,13-16H,1H3. The molecule has 0 fully saturated rings. The van der Waals surface area contributed by atoms with Gasteiger partial charge in [0.05, 0.1) is 0 Å². The van der Waals surface area contributed by atoms with Gasteiger partial charge in [-0.25, -0.2) is 0 Å². The van der Waals surface area contributed by atoms with E-state index in [0.717, 1.165) is 5.56 Å². The molecule has 0 amide bonds. The summed E-state index contributed by atoms with van der Waals surface area (Å²) in [7, 11) is -4.23. The van der Waals surface area contributed by atoms with Crippen molar-refractivity contribution in [2.24, 2.45) is 0 Å². The molecular formula is C10H12B2O6. The number of hydrogen-bond acceptors (Lipinski definition) is 6. The van der Waals surface area contributed by atoms with Crippen LogP contribution in [0.15, 0.2) is 29.8 Å². The smallest absolute Gasteiger partial charge is 0.402 e. The molecule has 0 atom stereocenters. The van der Waals surface area contributed by atoms with E-state index < -0.39 is 20.4 Å². The molecule has 0 bridgehead atoms. The van der Waals surface area contributed by atoms with Crippen molar-refractivity contribution in [1.29, 1.82) is 0 Å². The molecule has 1 aliphatic rings. The Morgan fingerprint density at radius 3 is 2.11 bits per heavy atom. The fourth-order valence-corrected chi connectivity index (χ4v) is 2.10. The predicted molar refractivity (Wildman–Crippen MR) is 64.3 cm³/mol. The lowest BCUT2D eigenvalue weighted by Crippen LogP contribution is -2.43. The first-order chi connectivity index (χ1) is 8.45. The maximum absolute atomic E-state index is 9.00.